The lowest BCUT2D eigenvalue weighted by atomic mass is 9.89. The molecule has 6 atom stereocenters. The summed E-state index contributed by atoms with van der Waals surface area (Å²) in [5.41, 5.74) is -0.275. The fourth-order valence-corrected chi connectivity index (χ4v) is 5.58. The van der Waals surface area contributed by atoms with E-state index in [0.29, 0.717) is 16.7 Å². The van der Waals surface area contributed by atoms with Gasteiger partial charge in [-0.3, -0.25) is 4.57 Å². The van der Waals surface area contributed by atoms with E-state index in [1.165, 1.54) is 12.7 Å². The lowest BCUT2D eigenvalue weighted by Crippen LogP contribution is -2.57. The summed E-state index contributed by atoms with van der Waals surface area (Å²) in [4.78, 5) is 26.4. The van der Waals surface area contributed by atoms with Gasteiger partial charge in [-0.2, -0.15) is 0 Å². The Kier molecular flexibility index (Phi) is 6.02. The highest BCUT2D eigenvalue weighted by Gasteiger charge is 2.65. The lowest BCUT2D eigenvalue weighted by Gasteiger charge is -2.42. The van der Waals surface area contributed by atoms with Crippen molar-refractivity contribution in [3.63, 3.8) is 0 Å². The van der Waals surface area contributed by atoms with Crippen molar-refractivity contribution in [2.75, 3.05) is 6.61 Å². The fourth-order valence-electron chi connectivity index (χ4n) is 5.40. The number of carbonyl (C=O) groups excluding carboxylic acids is 1. The highest BCUT2D eigenvalue weighted by Crippen LogP contribution is 2.49. The third-order valence-corrected chi connectivity index (χ3v) is 7.36. The van der Waals surface area contributed by atoms with E-state index in [9.17, 15) is 4.79 Å². The Hall–Kier alpha value is -2.67. The molecule has 38 heavy (non-hydrogen) atoms. The van der Waals surface area contributed by atoms with Gasteiger partial charge in [-0.15, -0.1) is 0 Å². The van der Waals surface area contributed by atoms with Crippen LogP contribution in [0.25, 0.3) is 11.2 Å². The second-order valence-corrected chi connectivity index (χ2v) is 11.1. The maximum Gasteiger partial charge on any atom is 0.338 e. The molecule has 0 saturated carbocycles. The molecule has 2 unspecified atom stereocenters. The molecule has 3 fully saturated rings. The van der Waals surface area contributed by atoms with Gasteiger partial charge in [0, 0.05) is 0 Å². The number of imidazole rings is 1. The van der Waals surface area contributed by atoms with Crippen LogP contribution in [-0.2, 0) is 28.4 Å². The maximum atomic E-state index is 13.5. The van der Waals surface area contributed by atoms with Crippen LogP contribution in [0.3, 0.4) is 0 Å². The normalized spacial score (nSPS) is 33.8. The number of hydrogen-bond acceptors (Lipinski definition) is 10. The van der Waals surface area contributed by atoms with Gasteiger partial charge in [-0.05, 0) is 46.8 Å². The Labute approximate surface area is 224 Å². The summed E-state index contributed by atoms with van der Waals surface area (Å²) < 4.78 is 39.9. The van der Waals surface area contributed by atoms with E-state index in [0.717, 1.165) is 0 Å². The van der Waals surface area contributed by atoms with Crippen LogP contribution in [0.4, 0.5) is 0 Å². The maximum absolute atomic E-state index is 13.5. The molecule has 11 nitrogen and oxygen atoms in total. The molecule has 0 bridgehead atoms. The van der Waals surface area contributed by atoms with Gasteiger partial charge < -0.3 is 28.4 Å². The lowest BCUT2D eigenvalue weighted by molar-refractivity contribution is -0.334. The largest absolute Gasteiger partial charge is 0.448 e. The second kappa shape index (κ2) is 8.94. The Morgan fingerprint density at radius 1 is 1.00 bits per heavy atom. The number of aromatic nitrogens is 4. The molecule has 2 aromatic heterocycles. The van der Waals surface area contributed by atoms with E-state index in [4.69, 9.17) is 40.0 Å². The molecule has 0 radical (unpaired) electrons. The van der Waals surface area contributed by atoms with E-state index in [1.54, 1.807) is 35.8 Å². The molecular formula is C26H29ClN4O7. The van der Waals surface area contributed by atoms with Gasteiger partial charge in [0.05, 0.1) is 18.5 Å². The zero-order chi connectivity index (χ0) is 26.9. The average molecular weight is 545 g/mol. The van der Waals surface area contributed by atoms with Gasteiger partial charge in [0.1, 0.15) is 36.3 Å². The first-order valence-corrected chi connectivity index (χ1v) is 12.8. The van der Waals surface area contributed by atoms with Crippen molar-refractivity contribution in [1.82, 2.24) is 19.5 Å². The molecule has 202 valence electrons. The molecule has 5 heterocycles. The van der Waals surface area contributed by atoms with Crippen molar-refractivity contribution < 1.29 is 33.2 Å². The fraction of sp³-hybridized carbons (Fsp3) is 0.538. The van der Waals surface area contributed by atoms with Crippen LogP contribution in [-0.4, -0.2) is 73.7 Å². The van der Waals surface area contributed by atoms with Crippen LogP contribution < -0.4 is 0 Å². The highest BCUT2D eigenvalue weighted by atomic mass is 35.5. The van der Waals surface area contributed by atoms with Crippen molar-refractivity contribution in [3.8, 4) is 0 Å². The standard InChI is InChI=1S/C26H29ClN4O7/c1-24(2)33-11-15-17(35-24)18-19(37-25(3,4)36-18)26(5,38-22(32)14-9-7-6-8-10-14)23(34-15)31-13-30-16-20(27)28-12-29-21(16)31/h6-10,12-13,15,17-19,23H,11H2,1-5H3/t15?,17-,18+,19?,23-,26-/m1/s1. The number of esters is 1. The summed E-state index contributed by atoms with van der Waals surface area (Å²) in [6.45, 7) is 9.27. The minimum absolute atomic E-state index is 0.189. The number of hydrogen-bond donors (Lipinski definition) is 0. The number of nitrogens with zero attached hydrogens (tertiary/aromatic N) is 4. The molecule has 6 rings (SSSR count). The van der Waals surface area contributed by atoms with E-state index in [-0.39, 0.29) is 11.8 Å². The first kappa shape index (κ1) is 25.6. The summed E-state index contributed by atoms with van der Waals surface area (Å²) in [6, 6.07) is 8.74. The third kappa shape index (κ3) is 4.27. The number of halogens is 1. The van der Waals surface area contributed by atoms with Crippen LogP contribution in [0.15, 0.2) is 43.0 Å². The van der Waals surface area contributed by atoms with Gasteiger partial charge in [0.25, 0.3) is 0 Å². The molecule has 0 spiro atoms. The first-order chi connectivity index (χ1) is 18.0. The topological polar surface area (TPSA) is 116 Å². The number of rotatable bonds is 3. The summed E-state index contributed by atoms with van der Waals surface area (Å²) in [7, 11) is 0. The van der Waals surface area contributed by atoms with Gasteiger partial charge in [-0.1, -0.05) is 29.8 Å². The number of benzene rings is 1. The minimum Gasteiger partial charge on any atom is -0.448 e. The minimum atomic E-state index is -1.44. The van der Waals surface area contributed by atoms with E-state index >= 15 is 0 Å². The van der Waals surface area contributed by atoms with Gasteiger partial charge in [0.2, 0.25) is 0 Å². The van der Waals surface area contributed by atoms with Gasteiger partial charge >= 0.3 is 5.97 Å². The van der Waals surface area contributed by atoms with Crippen molar-refractivity contribution >= 4 is 28.7 Å². The molecule has 3 aliphatic heterocycles. The molecule has 3 saturated heterocycles. The van der Waals surface area contributed by atoms with Crippen LogP contribution >= 0.6 is 11.6 Å². The van der Waals surface area contributed by atoms with Crippen LogP contribution in [0.5, 0.6) is 0 Å². The van der Waals surface area contributed by atoms with Crippen molar-refractivity contribution in [2.45, 2.75) is 82.4 Å². The van der Waals surface area contributed by atoms with Gasteiger partial charge in [0.15, 0.2) is 34.2 Å². The van der Waals surface area contributed by atoms with E-state index in [2.05, 4.69) is 15.0 Å². The monoisotopic (exact) mass is 544 g/mol. The van der Waals surface area contributed by atoms with Crippen LogP contribution in [0.2, 0.25) is 5.15 Å². The Morgan fingerprint density at radius 3 is 2.50 bits per heavy atom. The number of ether oxygens (including phenoxy) is 6. The summed E-state index contributed by atoms with van der Waals surface area (Å²) in [6.07, 6.45) is -0.720. The predicted octanol–water partition coefficient (Wildman–Crippen LogP) is 3.66. The van der Waals surface area contributed by atoms with Crippen LogP contribution in [0.1, 0.15) is 51.2 Å². The summed E-state index contributed by atoms with van der Waals surface area (Å²) in [5, 5.41) is 0.189. The van der Waals surface area contributed by atoms with Crippen molar-refractivity contribution in [2.24, 2.45) is 0 Å². The molecule has 12 heteroatoms. The van der Waals surface area contributed by atoms with Crippen molar-refractivity contribution in [1.29, 1.82) is 0 Å². The molecule has 0 N–H and O–H groups in total. The quantitative estimate of drug-likeness (QED) is 0.357. The second-order valence-electron chi connectivity index (χ2n) is 10.8. The van der Waals surface area contributed by atoms with E-state index in [1.807, 2.05) is 33.8 Å². The summed E-state index contributed by atoms with van der Waals surface area (Å²) >= 11 is 6.31. The molecule has 0 amide bonds. The first-order valence-electron chi connectivity index (χ1n) is 12.4. The number of carbonyl (C=O) groups is 1. The average Bonchev–Trinajstić information content (AvgIpc) is 3.43. The Morgan fingerprint density at radius 2 is 1.74 bits per heavy atom. The summed E-state index contributed by atoms with van der Waals surface area (Å²) in [5.74, 6) is -2.42. The predicted molar refractivity (Wildman–Crippen MR) is 133 cm³/mol. The Balaban J connectivity index is 1.52. The van der Waals surface area contributed by atoms with Gasteiger partial charge in [-0.25, -0.2) is 19.7 Å². The van der Waals surface area contributed by atoms with Crippen LogP contribution in [0, 0.1) is 0 Å². The zero-order valence-corrected chi connectivity index (χ0v) is 22.4. The smallest absolute Gasteiger partial charge is 0.338 e. The number of fused-ring (bicyclic) bond motifs is 4. The molecule has 3 aliphatic rings. The molecular weight excluding hydrogens is 516 g/mol. The molecule has 1 aromatic carbocycles. The molecule has 3 aromatic rings. The van der Waals surface area contributed by atoms with E-state index < -0.39 is 53.8 Å². The Bertz CT molecular complexity index is 1370. The zero-order valence-electron chi connectivity index (χ0n) is 21.7. The molecule has 0 aliphatic carbocycles. The highest BCUT2D eigenvalue weighted by molar-refractivity contribution is 6.33. The SMILES string of the molecule is CC1(C)OCC2O[C@@H](n3cnc4c(Cl)ncnc43)[C@](C)(OC(=O)c3ccccc3)C3OC(C)(C)O[C@H]3[C@@H]2O1. The van der Waals surface area contributed by atoms with Crippen molar-refractivity contribution in [3.05, 3.63) is 53.7 Å². The third-order valence-electron chi connectivity index (χ3n) is 7.08.